The van der Waals surface area contributed by atoms with Crippen LogP contribution in [0.5, 0.6) is 11.5 Å². The number of hydrogen-bond donors (Lipinski definition) is 1. The first kappa shape index (κ1) is 15.6. The lowest BCUT2D eigenvalue weighted by molar-refractivity contribution is -0.644. The predicted molar refractivity (Wildman–Crippen MR) is 80.6 cm³/mol. The number of hydrogen-bond acceptors (Lipinski definition) is 3. The van der Waals surface area contributed by atoms with E-state index in [9.17, 15) is 4.79 Å². The Morgan fingerprint density at radius 3 is 2.52 bits per heavy atom. The topological polar surface area (TPSA) is 55.4 Å². The molecule has 0 atom stereocenters. The highest BCUT2D eigenvalue weighted by molar-refractivity contribution is 5.77. The summed E-state index contributed by atoms with van der Waals surface area (Å²) in [6, 6.07) is 4.02. The second-order valence-corrected chi connectivity index (χ2v) is 5.32. The van der Waals surface area contributed by atoms with Crippen molar-refractivity contribution in [3.05, 3.63) is 23.3 Å². The van der Waals surface area contributed by atoms with Crippen molar-refractivity contribution in [3.63, 3.8) is 0 Å². The summed E-state index contributed by atoms with van der Waals surface area (Å²) in [5, 5.41) is 2.08. The van der Waals surface area contributed by atoms with Crippen LogP contribution in [0.3, 0.4) is 0 Å². The third-order valence-electron chi connectivity index (χ3n) is 3.88. The number of amides is 1. The number of carbonyl (C=O) groups excluding carboxylic acids is 1. The molecule has 2 N–H and O–H groups in total. The molecule has 116 valence electrons. The van der Waals surface area contributed by atoms with Gasteiger partial charge in [0.15, 0.2) is 18.0 Å². The van der Waals surface area contributed by atoms with Gasteiger partial charge in [0, 0.05) is 13.1 Å². The number of fused-ring (bicyclic) bond motifs is 1. The lowest BCUT2D eigenvalue weighted by atomic mass is 9.98. The van der Waals surface area contributed by atoms with Gasteiger partial charge in [0.25, 0.3) is 5.91 Å². The van der Waals surface area contributed by atoms with Crippen molar-refractivity contribution in [2.24, 2.45) is 0 Å². The van der Waals surface area contributed by atoms with Crippen LogP contribution in [0.25, 0.3) is 0 Å². The molecule has 0 fully saturated rings. The maximum Gasteiger partial charge on any atom is 0.277 e. The van der Waals surface area contributed by atoms with E-state index >= 15 is 0 Å². The van der Waals surface area contributed by atoms with Crippen molar-refractivity contribution in [1.29, 1.82) is 0 Å². The van der Waals surface area contributed by atoms with Crippen LogP contribution in [0.4, 0.5) is 0 Å². The predicted octanol–water partition coefficient (Wildman–Crippen LogP) is 0.562. The third kappa shape index (κ3) is 3.67. The maximum absolute atomic E-state index is 12.2. The molecule has 0 unspecified atom stereocenters. The van der Waals surface area contributed by atoms with Crippen LogP contribution in [0.2, 0.25) is 0 Å². The Kier molecular flexibility index (Phi) is 5.44. The largest absolute Gasteiger partial charge is 0.493 e. The number of quaternary nitrogens is 1. The van der Waals surface area contributed by atoms with E-state index in [1.54, 1.807) is 14.2 Å². The van der Waals surface area contributed by atoms with Crippen LogP contribution in [0.1, 0.15) is 24.5 Å². The van der Waals surface area contributed by atoms with Gasteiger partial charge in [-0.15, -0.1) is 0 Å². The third-order valence-corrected chi connectivity index (χ3v) is 3.88. The van der Waals surface area contributed by atoms with E-state index in [0.717, 1.165) is 43.0 Å². The Morgan fingerprint density at radius 1 is 1.24 bits per heavy atom. The number of ether oxygens (including phenoxy) is 2. The Balaban J connectivity index is 2.07. The summed E-state index contributed by atoms with van der Waals surface area (Å²) in [6.45, 7) is 5.10. The number of carbonyl (C=O) groups is 1. The zero-order valence-electron chi connectivity index (χ0n) is 13.1. The average molecular weight is 293 g/mol. The number of methoxy groups -OCH3 is 2. The molecule has 0 spiro atoms. The standard InChI is InChI=1S/C16H24N2O3/c1-4-6-17-10-16(19)18-7-5-12-8-14(20-2)15(21-3)9-13(12)11-18/h8-9,17H,4-7,10-11H2,1-3H3/p+1. The Labute approximate surface area is 126 Å². The zero-order chi connectivity index (χ0) is 15.2. The van der Waals surface area contributed by atoms with E-state index in [-0.39, 0.29) is 5.91 Å². The molecule has 1 heterocycles. The molecule has 0 radical (unpaired) electrons. The minimum Gasteiger partial charge on any atom is -0.493 e. The van der Waals surface area contributed by atoms with Gasteiger partial charge in [-0.25, -0.2) is 0 Å². The summed E-state index contributed by atoms with van der Waals surface area (Å²) in [6.07, 6.45) is 1.96. The minimum atomic E-state index is 0.212. The van der Waals surface area contributed by atoms with Crippen LogP contribution in [-0.4, -0.2) is 44.7 Å². The van der Waals surface area contributed by atoms with Crippen LogP contribution >= 0.6 is 0 Å². The lowest BCUT2D eigenvalue weighted by Gasteiger charge is -2.29. The summed E-state index contributed by atoms with van der Waals surface area (Å²) in [4.78, 5) is 14.1. The van der Waals surface area contributed by atoms with Gasteiger partial charge in [-0.1, -0.05) is 6.92 Å². The normalized spacial score (nSPS) is 13.8. The Hall–Kier alpha value is -1.75. The second kappa shape index (κ2) is 7.31. The summed E-state index contributed by atoms with van der Waals surface area (Å²) in [5.74, 6) is 1.69. The van der Waals surface area contributed by atoms with Gasteiger partial charge in [-0.3, -0.25) is 4.79 Å². The average Bonchev–Trinajstić information content (AvgIpc) is 2.52. The van der Waals surface area contributed by atoms with Crippen molar-refractivity contribution in [1.82, 2.24) is 4.90 Å². The molecule has 1 aliphatic rings. The van der Waals surface area contributed by atoms with Crippen molar-refractivity contribution in [2.75, 3.05) is 33.9 Å². The number of nitrogens with two attached hydrogens (primary N) is 1. The molecule has 1 amide bonds. The summed E-state index contributed by atoms with van der Waals surface area (Å²) in [7, 11) is 3.28. The molecule has 2 rings (SSSR count). The van der Waals surface area contributed by atoms with Crippen molar-refractivity contribution in [2.45, 2.75) is 26.3 Å². The molecule has 0 saturated heterocycles. The van der Waals surface area contributed by atoms with Gasteiger partial charge < -0.3 is 19.7 Å². The number of benzene rings is 1. The van der Waals surface area contributed by atoms with E-state index < -0.39 is 0 Å². The van der Waals surface area contributed by atoms with Crippen LogP contribution in [-0.2, 0) is 17.8 Å². The molecule has 5 nitrogen and oxygen atoms in total. The van der Waals surface area contributed by atoms with E-state index in [1.807, 2.05) is 17.0 Å². The van der Waals surface area contributed by atoms with E-state index in [4.69, 9.17) is 9.47 Å². The minimum absolute atomic E-state index is 0.212. The van der Waals surface area contributed by atoms with Gasteiger partial charge >= 0.3 is 0 Å². The molecule has 1 aromatic rings. The molecular formula is C16H25N2O3+. The monoisotopic (exact) mass is 293 g/mol. The summed E-state index contributed by atoms with van der Waals surface area (Å²) in [5.41, 5.74) is 2.40. The lowest BCUT2D eigenvalue weighted by Crippen LogP contribution is -2.86. The molecule has 0 saturated carbocycles. The number of nitrogens with zero attached hydrogens (tertiary/aromatic N) is 1. The quantitative estimate of drug-likeness (QED) is 0.780. The van der Waals surface area contributed by atoms with Gasteiger partial charge in [-0.2, -0.15) is 0 Å². The van der Waals surface area contributed by atoms with Crippen molar-refractivity contribution < 1.29 is 19.6 Å². The van der Waals surface area contributed by atoms with E-state index in [2.05, 4.69) is 12.2 Å². The summed E-state index contributed by atoms with van der Waals surface area (Å²) >= 11 is 0. The smallest absolute Gasteiger partial charge is 0.277 e. The highest BCUT2D eigenvalue weighted by Gasteiger charge is 2.23. The van der Waals surface area contributed by atoms with Gasteiger partial charge in [0.2, 0.25) is 0 Å². The Bertz CT molecular complexity index is 503. The highest BCUT2D eigenvalue weighted by atomic mass is 16.5. The molecule has 0 aliphatic carbocycles. The maximum atomic E-state index is 12.2. The zero-order valence-corrected chi connectivity index (χ0v) is 13.1. The molecule has 21 heavy (non-hydrogen) atoms. The van der Waals surface area contributed by atoms with Gasteiger partial charge in [0.05, 0.1) is 20.8 Å². The first-order valence-corrected chi connectivity index (χ1v) is 7.52. The molecule has 1 aliphatic heterocycles. The van der Waals surface area contributed by atoms with Crippen LogP contribution < -0.4 is 14.8 Å². The molecule has 0 aromatic heterocycles. The van der Waals surface area contributed by atoms with Crippen molar-refractivity contribution >= 4 is 5.91 Å². The molecular weight excluding hydrogens is 268 g/mol. The Morgan fingerprint density at radius 2 is 1.90 bits per heavy atom. The first-order chi connectivity index (χ1) is 10.2. The van der Waals surface area contributed by atoms with E-state index in [0.29, 0.717) is 13.1 Å². The van der Waals surface area contributed by atoms with E-state index in [1.165, 1.54) is 5.56 Å². The summed E-state index contributed by atoms with van der Waals surface area (Å²) < 4.78 is 10.7. The van der Waals surface area contributed by atoms with Crippen LogP contribution in [0.15, 0.2) is 12.1 Å². The van der Waals surface area contributed by atoms with Crippen LogP contribution in [0, 0.1) is 0 Å². The fourth-order valence-corrected chi connectivity index (χ4v) is 2.65. The molecule has 5 heteroatoms. The number of rotatable bonds is 6. The SMILES string of the molecule is CCC[NH2+]CC(=O)N1CCc2cc(OC)c(OC)cc2C1. The molecule has 1 aromatic carbocycles. The van der Waals surface area contributed by atoms with Gasteiger partial charge in [-0.05, 0) is 36.1 Å². The van der Waals surface area contributed by atoms with Crippen molar-refractivity contribution in [3.8, 4) is 11.5 Å². The first-order valence-electron chi connectivity index (χ1n) is 7.52. The van der Waals surface area contributed by atoms with Gasteiger partial charge in [0.1, 0.15) is 0 Å². The fourth-order valence-electron chi connectivity index (χ4n) is 2.65. The fraction of sp³-hybridized carbons (Fsp3) is 0.562. The highest BCUT2D eigenvalue weighted by Crippen LogP contribution is 2.33. The molecule has 0 bridgehead atoms. The second-order valence-electron chi connectivity index (χ2n) is 5.32.